The second-order valence-electron chi connectivity index (χ2n) is 8.04. The average Bonchev–Trinajstić information content (AvgIpc) is 2.81. The van der Waals surface area contributed by atoms with Gasteiger partial charge in [0.2, 0.25) is 0 Å². The van der Waals surface area contributed by atoms with Gasteiger partial charge in [-0.2, -0.15) is 0 Å². The third-order valence-corrected chi connectivity index (χ3v) is 6.05. The number of para-hydroxylation sites is 2. The highest BCUT2D eigenvalue weighted by Crippen LogP contribution is 2.35. The summed E-state index contributed by atoms with van der Waals surface area (Å²) in [7, 11) is 4.04. The summed E-state index contributed by atoms with van der Waals surface area (Å²) >= 11 is 12.5. The molecule has 6 nitrogen and oxygen atoms in total. The second kappa shape index (κ2) is 9.06. The van der Waals surface area contributed by atoms with Crippen LogP contribution in [0.4, 0.5) is 11.4 Å². The monoisotopic (exact) mass is 479 g/mol. The number of aromatic nitrogens is 2. The zero-order valence-electron chi connectivity index (χ0n) is 18.3. The largest absolute Gasteiger partial charge is 0.489 e. The highest BCUT2D eigenvalue weighted by molar-refractivity contribution is 6.35. The number of ether oxygens (including phenoxy) is 1. The number of fused-ring (bicyclic) bond motifs is 2. The number of nitrogens with one attached hydrogen (secondary N) is 1. The quantitative estimate of drug-likeness (QED) is 0.403. The number of anilines is 2. The van der Waals surface area contributed by atoms with E-state index in [4.69, 9.17) is 37.9 Å². The number of benzene rings is 2. The van der Waals surface area contributed by atoms with Crippen LogP contribution in [0.2, 0.25) is 10.0 Å². The molecule has 2 aromatic heterocycles. The van der Waals surface area contributed by atoms with Gasteiger partial charge in [0, 0.05) is 54.2 Å². The molecule has 8 heteroatoms. The first-order chi connectivity index (χ1) is 16.0. The number of nitrogens with zero attached hydrogens (tertiary/aromatic N) is 4. The predicted octanol–water partition coefficient (Wildman–Crippen LogP) is 5.57. The lowest BCUT2D eigenvalue weighted by Gasteiger charge is -2.32. The summed E-state index contributed by atoms with van der Waals surface area (Å²) in [6.07, 6.45) is 3.71. The molecule has 0 bridgehead atoms. The van der Waals surface area contributed by atoms with Crippen LogP contribution < -0.4 is 20.1 Å². The van der Waals surface area contributed by atoms with Crippen LogP contribution in [0.25, 0.3) is 22.2 Å². The van der Waals surface area contributed by atoms with Crippen molar-refractivity contribution in [3.8, 4) is 16.9 Å². The molecule has 0 radical (unpaired) electrons. The van der Waals surface area contributed by atoms with Crippen LogP contribution in [0.5, 0.6) is 5.75 Å². The standard InChI is InChI=1S/C25H23Cl2N5O/c1-31(2)25-17(15-30-32-9-10-33-22-6-4-3-5-21(22)32)14-29-23-20(7-8-28-24(23)25)16-11-18(26)13-19(27)12-16/h3-8,11-14,30H,9-10,15H2,1-2H3. The number of hydrogen-bond donors (Lipinski definition) is 1. The SMILES string of the molecule is CN(C)c1c(CNN2CCOc3ccccc32)cnc2c(-c3cc(Cl)cc(Cl)c3)ccnc12. The normalized spacial score (nSPS) is 13.0. The molecule has 0 atom stereocenters. The van der Waals surface area contributed by atoms with Gasteiger partial charge in [0.15, 0.2) is 0 Å². The fraction of sp³-hybridized carbons (Fsp3) is 0.200. The first kappa shape index (κ1) is 21.8. The second-order valence-corrected chi connectivity index (χ2v) is 8.92. The molecule has 1 aliphatic heterocycles. The van der Waals surface area contributed by atoms with Crippen molar-refractivity contribution in [2.75, 3.05) is 37.2 Å². The van der Waals surface area contributed by atoms with Crippen molar-refractivity contribution in [2.24, 2.45) is 0 Å². The van der Waals surface area contributed by atoms with Crippen molar-refractivity contribution in [2.45, 2.75) is 6.54 Å². The molecule has 33 heavy (non-hydrogen) atoms. The Morgan fingerprint density at radius 1 is 1.03 bits per heavy atom. The maximum atomic E-state index is 6.26. The minimum absolute atomic E-state index is 0.585. The van der Waals surface area contributed by atoms with E-state index in [2.05, 4.69) is 21.4 Å². The Labute approximate surface area is 202 Å². The van der Waals surface area contributed by atoms with Crippen molar-refractivity contribution in [1.29, 1.82) is 0 Å². The fourth-order valence-electron chi connectivity index (χ4n) is 4.20. The average molecular weight is 480 g/mol. The Kier molecular flexibility index (Phi) is 5.98. The molecular formula is C25H23Cl2N5O. The summed E-state index contributed by atoms with van der Waals surface area (Å²) in [6, 6.07) is 15.5. The van der Waals surface area contributed by atoms with Gasteiger partial charge in [-0.15, -0.1) is 0 Å². The molecule has 1 N–H and O–H groups in total. The molecule has 3 heterocycles. The molecule has 5 rings (SSSR count). The maximum Gasteiger partial charge on any atom is 0.144 e. The van der Waals surface area contributed by atoms with E-state index in [1.165, 1.54) is 0 Å². The molecule has 168 valence electrons. The number of rotatable bonds is 5. The van der Waals surface area contributed by atoms with Gasteiger partial charge in [0.25, 0.3) is 0 Å². The van der Waals surface area contributed by atoms with Crippen LogP contribution in [0.3, 0.4) is 0 Å². The summed E-state index contributed by atoms with van der Waals surface area (Å²) < 4.78 is 5.77. The topological polar surface area (TPSA) is 53.5 Å². The zero-order chi connectivity index (χ0) is 22.9. The highest BCUT2D eigenvalue weighted by Gasteiger charge is 2.20. The Morgan fingerprint density at radius 2 is 1.82 bits per heavy atom. The highest BCUT2D eigenvalue weighted by atomic mass is 35.5. The minimum Gasteiger partial charge on any atom is -0.489 e. The lowest BCUT2D eigenvalue weighted by atomic mass is 10.0. The fourth-order valence-corrected chi connectivity index (χ4v) is 4.72. The molecule has 0 unspecified atom stereocenters. The van der Waals surface area contributed by atoms with Crippen molar-refractivity contribution in [3.05, 3.63) is 76.5 Å². The Hall–Kier alpha value is -3.06. The third-order valence-electron chi connectivity index (χ3n) is 5.61. The number of pyridine rings is 2. The first-order valence-corrected chi connectivity index (χ1v) is 11.4. The molecule has 4 aromatic rings. The Balaban J connectivity index is 1.53. The summed E-state index contributed by atoms with van der Waals surface area (Å²) in [5, 5.41) is 3.30. The van der Waals surface area contributed by atoms with Gasteiger partial charge in [-0.3, -0.25) is 9.97 Å². The van der Waals surface area contributed by atoms with Crippen LogP contribution in [0.1, 0.15) is 5.56 Å². The van der Waals surface area contributed by atoms with Crippen molar-refractivity contribution in [1.82, 2.24) is 15.4 Å². The molecule has 0 aliphatic carbocycles. The number of hydrazine groups is 1. The van der Waals surface area contributed by atoms with Crippen molar-refractivity contribution in [3.63, 3.8) is 0 Å². The predicted molar refractivity (Wildman–Crippen MR) is 135 cm³/mol. The van der Waals surface area contributed by atoms with E-state index in [0.717, 1.165) is 51.4 Å². The van der Waals surface area contributed by atoms with Gasteiger partial charge in [0.05, 0.1) is 23.4 Å². The zero-order valence-corrected chi connectivity index (χ0v) is 19.9. The number of hydrogen-bond acceptors (Lipinski definition) is 6. The summed E-state index contributed by atoms with van der Waals surface area (Å²) in [4.78, 5) is 11.6. The first-order valence-electron chi connectivity index (χ1n) is 10.6. The van der Waals surface area contributed by atoms with Gasteiger partial charge in [-0.05, 0) is 42.0 Å². The molecule has 0 saturated heterocycles. The molecular weight excluding hydrogens is 457 g/mol. The molecule has 0 saturated carbocycles. The third kappa shape index (κ3) is 4.29. The summed E-state index contributed by atoms with van der Waals surface area (Å²) in [5.74, 6) is 0.882. The molecule has 0 spiro atoms. The van der Waals surface area contributed by atoms with E-state index in [-0.39, 0.29) is 0 Å². The van der Waals surface area contributed by atoms with E-state index in [1.807, 2.05) is 56.7 Å². The van der Waals surface area contributed by atoms with E-state index < -0.39 is 0 Å². The van der Waals surface area contributed by atoms with Crippen molar-refractivity contribution < 1.29 is 4.74 Å². The van der Waals surface area contributed by atoms with Gasteiger partial charge in [-0.1, -0.05) is 35.3 Å². The van der Waals surface area contributed by atoms with Gasteiger partial charge >= 0.3 is 0 Å². The van der Waals surface area contributed by atoms with Gasteiger partial charge in [-0.25, -0.2) is 5.43 Å². The van der Waals surface area contributed by atoms with Gasteiger partial charge < -0.3 is 14.6 Å². The van der Waals surface area contributed by atoms with Crippen LogP contribution >= 0.6 is 23.2 Å². The smallest absolute Gasteiger partial charge is 0.144 e. The van der Waals surface area contributed by atoms with E-state index >= 15 is 0 Å². The van der Waals surface area contributed by atoms with Crippen molar-refractivity contribution >= 4 is 45.6 Å². The van der Waals surface area contributed by atoms with Crippen LogP contribution in [-0.2, 0) is 6.54 Å². The number of halogens is 2. The molecule has 0 amide bonds. The molecule has 2 aromatic carbocycles. The van der Waals surface area contributed by atoms with Crippen LogP contribution in [-0.4, -0.2) is 37.2 Å². The summed E-state index contributed by atoms with van der Waals surface area (Å²) in [5.41, 5.74) is 10.1. The van der Waals surface area contributed by atoms with E-state index in [9.17, 15) is 0 Å². The van der Waals surface area contributed by atoms with Gasteiger partial charge in [0.1, 0.15) is 17.9 Å². The lowest BCUT2D eigenvalue weighted by molar-refractivity contribution is 0.298. The van der Waals surface area contributed by atoms with Crippen LogP contribution in [0.15, 0.2) is 60.9 Å². The Bertz CT molecular complexity index is 1310. The maximum absolute atomic E-state index is 6.26. The molecule has 0 fully saturated rings. The molecule has 1 aliphatic rings. The van der Waals surface area contributed by atoms with E-state index in [0.29, 0.717) is 23.2 Å². The van der Waals surface area contributed by atoms with Crippen LogP contribution in [0, 0.1) is 0 Å². The lowest BCUT2D eigenvalue weighted by Crippen LogP contribution is -2.43. The minimum atomic E-state index is 0.585. The van der Waals surface area contributed by atoms with E-state index in [1.54, 1.807) is 12.3 Å². The summed E-state index contributed by atoms with van der Waals surface area (Å²) in [6.45, 7) is 1.99. The Morgan fingerprint density at radius 3 is 2.61 bits per heavy atom.